The third-order valence-corrected chi connectivity index (χ3v) is 7.26. The van der Waals surface area contributed by atoms with Crippen molar-refractivity contribution in [2.45, 2.75) is 23.0 Å². The molecule has 25 heavy (non-hydrogen) atoms. The number of hydrogen-bond donors (Lipinski definition) is 0. The van der Waals surface area contributed by atoms with E-state index >= 15 is 0 Å². The Morgan fingerprint density at radius 2 is 1.92 bits per heavy atom. The smallest absolute Gasteiger partial charge is 0.183 e. The highest BCUT2D eigenvalue weighted by atomic mass is 35.5. The maximum absolute atomic E-state index is 13.2. The van der Waals surface area contributed by atoms with Crippen LogP contribution in [-0.2, 0) is 14.6 Å². The van der Waals surface area contributed by atoms with Crippen molar-refractivity contribution in [2.24, 2.45) is 5.41 Å². The molecule has 0 heterocycles. The Labute approximate surface area is 152 Å². The van der Waals surface area contributed by atoms with Crippen molar-refractivity contribution in [3.8, 4) is 6.07 Å². The van der Waals surface area contributed by atoms with E-state index in [1.807, 2.05) is 13.0 Å². The fraction of sp³-hybridized carbons (Fsp3) is 0.316. The topological polar surface area (TPSA) is 67.2 Å². The van der Waals surface area contributed by atoms with Gasteiger partial charge in [0.05, 0.1) is 22.8 Å². The molecule has 0 aliphatic heterocycles. The average molecular weight is 376 g/mol. The van der Waals surface area contributed by atoms with Crippen molar-refractivity contribution in [2.75, 3.05) is 13.7 Å². The van der Waals surface area contributed by atoms with Crippen LogP contribution in [0.25, 0.3) is 0 Å². The largest absolute Gasteiger partial charge is 0.383 e. The van der Waals surface area contributed by atoms with Gasteiger partial charge in [-0.25, -0.2) is 8.42 Å². The molecule has 4 nitrogen and oxygen atoms in total. The second-order valence-electron chi connectivity index (χ2n) is 6.40. The minimum Gasteiger partial charge on any atom is -0.383 e. The van der Waals surface area contributed by atoms with Crippen molar-refractivity contribution < 1.29 is 13.2 Å². The van der Waals surface area contributed by atoms with E-state index in [9.17, 15) is 13.7 Å². The highest BCUT2D eigenvalue weighted by Crippen LogP contribution is 2.64. The molecule has 0 unspecified atom stereocenters. The quantitative estimate of drug-likeness (QED) is 0.798. The predicted molar refractivity (Wildman–Crippen MR) is 96.3 cm³/mol. The van der Waals surface area contributed by atoms with Crippen molar-refractivity contribution in [3.05, 3.63) is 64.7 Å². The number of nitriles is 1. The van der Waals surface area contributed by atoms with Crippen LogP contribution in [0, 0.1) is 23.7 Å². The Balaban J connectivity index is 2.09. The Morgan fingerprint density at radius 1 is 1.24 bits per heavy atom. The lowest BCUT2D eigenvalue weighted by atomic mass is 10.0. The number of hydrogen-bond acceptors (Lipinski definition) is 4. The van der Waals surface area contributed by atoms with Crippen LogP contribution in [0.5, 0.6) is 0 Å². The van der Waals surface area contributed by atoms with E-state index in [0.717, 1.165) is 11.1 Å². The van der Waals surface area contributed by atoms with Gasteiger partial charge in [-0.3, -0.25) is 0 Å². The number of methoxy groups -OCH3 is 1. The molecular weight excluding hydrogens is 358 g/mol. The third-order valence-electron chi connectivity index (χ3n) is 4.74. The minimum absolute atomic E-state index is 0.0520. The number of halogens is 1. The number of rotatable bonds is 5. The van der Waals surface area contributed by atoms with Gasteiger partial charge in [-0.15, -0.1) is 0 Å². The highest BCUT2D eigenvalue weighted by Gasteiger charge is 2.72. The van der Waals surface area contributed by atoms with Crippen LogP contribution >= 0.6 is 11.6 Å². The summed E-state index contributed by atoms with van der Waals surface area (Å²) >= 11 is 6.06. The standard InChI is InChI=1S/C19H18ClNO3S/c1-13-6-8-16(9-7-13)25(22,23)18-17(19(18,11-21)12-24-2)14-4-3-5-15(20)10-14/h3-10,17-18H,12H2,1-2H3/t17-,18-,19-/m1/s1. The van der Waals surface area contributed by atoms with E-state index in [1.165, 1.54) is 7.11 Å². The van der Waals surface area contributed by atoms with Crippen LogP contribution in [0.15, 0.2) is 53.4 Å². The lowest BCUT2D eigenvalue weighted by Crippen LogP contribution is -2.19. The van der Waals surface area contributed by atoms with Gasteiger partial charge < -0.3 is 4.74 Å². The molecule has 2 aromatic carbocycles. The van der Waals surface area contributed by atoms with E-state index in [2.05, 4.69) is 6.07 Å². The zero-order chi connectivity index (χ0) is 18.2. The van der Waals surface area contributed by atoms with E-state index in [-0.39, 0.29) is 11.5 Å². The molecule has 0 radical (unpaired) electrons. The predicted octanol–water partition coefficient (Wildman–Crippen LogP) is 3.74. The van der Waals surface area contributed by atoms with E-state index < -0.39 is 26.4 Å². The zero-order valence-corrected chi connectivity index (χ0v) is 15.5. The molecule has 0 bridgehead atoms. The number of benzene rings is 2. The first-order valence-electron chi connectivity index (χ1n) is 7.83. The fourth-order valence-electron chi connectivity index (χ4n) is 3.48. The first-order chi connectivity index (χ1) is 11.9. The van der Waals surface area contributed by atoms with Gasteiger partial charge in [0.25, 0.3) is 0 Å². The molecule has 1 saturated carbocycles. The lowest BCUT2D eigenvalue weighted by molar-refractivity contribution is 0.162. The second-order valence-corrected chi connectivity index (χ2v) is 8.90. The highest BCUT2D eigenvalue weighted by molar-refractivity contribution is 7.92. The summed E-state index contributed by atoms with van der Waals surface area (Å²) in [5.41, 5.74) is 0.611. The molecular formula is C19H18ClNO3S. The van der Waals surface area contributed by atoms with Gasteiger partial charge >= 0.3 is 0 Å². The van der Waals surface area contributed by atoms with Gasteiger partial charge in [-0.2, -0.15) is 5.26 Å². The van der Waals surface area contributed by atoms with Crippen LogP contribution in [-0.4, -0.2) is 27.4 Å². The number of aryl methyl sites for hydroxylation is 1. The van der Waals surface area contributed by atoms with Crippen LogP contribution < -0.4 is 0 Å². The van der Waals surface area contributed by atoms with Gasteiger partial charge in [-0.05, 0) is 36.8 Å². The summed E-state index contributed by atoms with van der Waals surface area (Å²) in [7, 11) is -2.21. The van der Waals surface area contributed by atoms with Gasteiger partial charge in [0, 0.05) is 18.1 Å². The Morgan fingerprint density at radius 3 is 2.48 bits per heavy atom. The maximum atomic E-state index is 13.2. The lowest BCUT2D eigenvalue weighted by Gasteiger charge is -2.08. The minimum atomic E-state index is -3.68. The Bertz CT molecular complexity index is 934. The molecule has 0 saturated heterocycles. The summed E-state index contributed by atoms with van der Waals surface area (Å²) in [6.07, 6.45) is 0. The molecule has 0 N–H and O–H groups in total. The normalized spacial score (nSPS) is 25.4. The zero-order valence-electron chi connectivity index (χ0n) is 13.9. The molecule has 1 aliphatic rings. The molecule has 6 heteroatoms. The molecule has 0 spiro atoms. The van der Waals surface area contributed by atoms with Crippen molar-refractivity contribution >= 4 is 21.4 Å². The summed E-state index contributed by atoms with van der Waals surface area (Å²) in [5.74, 6) is -0.470. The van der Waals surface area contributed by atoms with Crippen molar-refractivity contribution in [3.63, 3.8) is 0 Å². The number of ether oxygens (including phenoxy) is 1. The summed E-state index contributed by atoms with van der Waals surface area (Å²) in [4.78, 5) is 0.225. The van der Waals surface area contributed by atoms with Gasteiger partial charge in [0.1, 0.15) is 5.41 Å². The molecule has 130 valence electrons. The first kappa shape index (κ1) is 17.9. The molecule has 1 aliphatic carbocycles. The molecule has 1 fully saturated rings. The number of nitrogens with zero attached hydrogens (tertiary/aromatic N) is 1. The first-order valence-corrected chi connectivity index (χ1v) is 9.75. The summed E-state index contributed by atoms with van der Waals surface area (Å²) < 4.78 is 31.6. The van der Waals surface area contributed by atoms with Crippen LogP contribution in [0.3, 0.4) is 0 Å². The van der Waals surface area contributed by atoms with E-state index in [1.54, 1.807) is 42.5 Å². The van der Waals surface area contributed by atoms with Crippen LogP contribution in [0.4, 0.5) is 0 Å². The summed E-state index contributed by atoms with van der Waals surface area (Å²) in [6, 6.07) is 15.9. The summed E-state index contributed by atoms with van der Waals surface area (Å²) in [6.45, 7) is 1.95. The Kier molecular flexibility index (Phi) is 4.63. The third kappa shape index (κ3) is 2.95. The fourth-order valence-corrected chi connectivity index (χ4v) is 5.99. The molecule has 3 rings (SSSR count). The average Bonchev–Trinajstić information content (AvgIpc) is 3.26. The summed E-state index contributed by atoms with van der Waals surface area (Å²) in [5, 5.41) is 9.44. The monoisotopic (exact) mass is 375 g/mol. The Hall–Kier alpha value is -1.87. The van der Waals surface area contributed by atoms with Crippen molar-refractivity contribution in [1.82, 2.24) is 0 Å². The molecule has 0 aromatic heterocycles. The van der Waals surface area contributed by atoms with Gasteiger partial charge in [-0.1, -0.05) is 41.4 Å². The van der Waals surface area contributed by atoms with Crippen molar-refractivity contribution in [1.29, 1.82) is 5.26 Å². The van der Waals surface area contributed by atoms with E-state index in [4.69, 9.17) is 16.3 Å². The molecule has 0 amide bonds. The van der Waals surface area contributed by atoms with Crippen LogP contribution in [0.1, 0.15) is 17.0 Å². The van der Waals surface area contributed by atoms with Crippen LogP contribution in [0.2, 0.25) is 5.02 Å². The maximum Gasteiger partial charge on any atom is 0.183 e. The molecule has 3 atom stereocenters. The second kappa shape index (κ2) is 6.45. The van der Waals surface area contributed by atoms with Gasteiger partial charge in [0.2, 0.25) is 0 Å². The van der Waals surface area contributed by atoms with E-state index in [0.29, 0.717) is 5.02 Å². The molecule has 2 aromatic rings. The SMILES string of the molecule is COC[C@]1(C#N)[C@H](c2cccc(Cl)c2)[C@H]1S(=O)(=O)c1ccc(C)cc1. The van der Waals surface area contributed by atoms with Gasteiger partial charge in [0.15, 0.2) is 9.84 Å². The number of sulfone groups is 1.